The van der Waals surface area contributed by atoms with E-state index in [1.807, 2.05) is 0 Å². The summed E-state index contributed by atoms with van der Waals surface area (Å²) in [5.41, 5.74) is -0.00544. The fraction of sp³-hybridized carbons (Fsp3) is 0.636. The third kappa shape index (κ3) is 3.37. The Hall–Kier alpha value is -0.720. The molecule has 1 aliphatic rings. The number of rotatable bonds is 3. The lowest BCUT2D eigenvalue weighted by Gasteiger charge is -2.32. The maximum Gasteiger partial charge on any atom is 0.267 e. The molecule has 94 valence electrons. The molecule has 1 aromatic rings. The van der Waals surface area contributed by atoms with Gasteiger partial charge in [-0.25, -0.2) is 4.98 Å². The average molecular weight is 301 g/mol. The summed E-state index contributed by atoms with van der Waals surface area (Å²) in [6.07, 6.45) is 3.14. The molecule has 1 aliphatic heterocycles. The second-order valence-electron chi connectivity index (χ2n) is 4.39. The van der Waals surface area contributed by atoms with Crippen LogP contribution in [0.25, 0.3) is 0 Å². The largest absolute Gasteiger partial charge is 0.304 e. The number of aromatic nitrogens is 2. The predicted molar refractivity (Wildman–Crippen MR) is 70.1 cm³/mol. The fourth-order valence-corrected chi connectivity index (χ4v) is 2.25. The van der Waals surface area contributed by atoms with Crippen LogP contribution < -0.4 is 5.56 Å². The summed E-state index contributed by atoms with van der Waals surface area (Å²) in [5, 5.41) is 0. The van der Waals surface area contributed by atoms with E-state index in [9.17, 15) is 4.79 Å². The van der Waals surface area contributed by atoms with Crippen LogP contribution >= 0.6 is 15.9 Å². The van der Waals surface area contributed by atoms with E-state index in [1.54, 1.807) is 10.9 Å². The van der Waals surface area contributed by atoms with Gasteiger partial charge in [-0.3, -0.25) is 14.3 Å². The molecule has 0 saturated carbocycles. The number of hydrogen-bond acceptors (Lipinski definition) is 4. The molecule has 0 bridgehead atoms. The Morgan fingerprint density at radius 3 is 2.71 bits per heavy atom. The van der Waals surface area contributed by atoms with Crippen molar-refractivity contribution in [2.45, 2.75) is 6.54 Å². The highest BCUT2D eigenvalue weighted by molar-refractivity contribution is 9.10. The van der Waals surface area contributed by atoms with E-state index in [4.69, 9.17) is 0 Å². The van der Waals surface area contributed by atoms with Gasteiger partial charge in [-0.1, -0.05) is 0 Å². The van der Waals surface area contributed by atoms with Crippen LogP contribution in [-0.2, 0) is 6.54 Å². The van der Waals surface area contributed by atoms with Crippen molar-refractivity contribution in [3.8, 4) is 0 Å². The van der Waals surface area contributed by atoms with E-state index < -0.39 is 0 Å². The summed E-state index contributed by atoms with van der Waals surface area (Å²) in [5.74, 6) is 0. The van der Waals surface area contributed by atoms with E-state index in [1.165, 1.54) is 6.20 Å². The highest BCUT2D eigenvalue weighted by Gasteiger charge is 2.13. The highest BCUT2D eigenvalue weighted by atomic mass is 79.9. The Morgan fingerprint density at radius 1 is 1.29 bits per heavy atom. The normalized spacial score (nSPS) is 18.5. The number of hydrogen-bond donors (Lipinski definition) is 0. The molecule has 6 heteroatoms. The molecule has 5 nitrogen and oxygen atoms in total. The summed E-state index contributed by atoms with van der Waals surface area (Å²) in [4.78, 5) is 20.5. The first-order valence-corrected chi connectivity index (χ1v) is 6.57. The van der Waals surface area contributed by atoms with Crippen molar-refractivity contribution in [3.63, 3.8) is 0 Å². The first-order valence-electron chi connectivity index (χ1n) is 5.77. The van der Waals surface area contributed by atoms with E-state index in [-0.39, 0.29) is 5.56 Å². The van der Waals surface area contributed by atoms with Crippen molar-refractivity contribution < 1.29 is 0 Å². The van der Waals surface area contributed by atoms with E-state index >= 15 is 0 Å². The first-order chi connectivity index (χ1) is 8.16. The Labute approximate surface area is 109 Å². The van der Waals surface area contributed by atoms with Crippen LogP contribution in [0.5, 0.6) is 0 Å². The van der Waals surface area contributed by atoms with Crippen LogP contribution in [0.2, 0.25) is 0 Å². The molecule has 0 spiro atoms. The summed E-state index contributed by atoms with van der Waals surface area (Å²) in [7, 11) is 2.14. The van der Waals surface area contributed by atoms with E-state index in [0.717, 1.165) is 32.7 Å². The zero-order chi connectivity index (χ0) is 12.3. The van der Waals surface area contributed by atoms with E-state index in [0.29, 0.717) is 11.0 Å². The highest BCUT2D eigenvalue weighted by Crippen LogP contribution is 2.01. The number of halogens is 1. The van der Waals surface area contributed by atoms with Gasteiger partial charge < -0.3 is 4.90 Å². The van der Waals surface area contributed by atoms with Crippen LogP contribution in [-0.4, -0.2) is 59.1 Å². The van der Waals surface area contributed by atoms with Gasteiger partial charge in [0, 0.05) is 45.5 Å². The van der Waals surface area contributed by atoms with Crippen LogP contribution in [0.4, 0.5) is 0 Å². The molecule has 1 saturated heterocycles. The number of nitrogens with zero attached hydrogens (tertiary/aromatic N) is 4. The van der Waals surface area contributed by atoms with Crippen molar-refractivity contribution in [2.75, 3.05) is 39.8 Å². The molecule has 0 unspecified atom stereocenters. The first kappa shape index (κ1) is 12.7. The second-order valence-corrected chi connectivity index (χ2v) is 5.24. The summed E-state index contributed by atoms with van der Waals surface area (Å²) in [6, 6.07) is 0. The molecule has 17 heavy (non-hydrogen) atoms. The minimum Gasteiger partial charge on any atom is -0.304 e. The SMILES string of the molecule is CN1CCN(CCn2cncc(Br)c2=O)CC1. The van der Waals surface area contributed by atoms with Crippen LogP contribution in [0, 0.1) is 0 Å². The number of likely N-dealkylation sites (N-methyl/N-ethyl adjacent to an activating group) is 1. The third-order valence-corrected chi connectivity index (χ3v) is 3.66. The molecule has 0 N–H and O–H groups in total. The zero-order valence-electron chi connectivity index (χ0n) is 9.97. The zero-order valence-corrected chi connectivity index (χ0v) is 11.6. The molecule has 0 radical (unpaired) electrons. The fourth-order valence-electron chi connectivity index (χ4n) is 1.90. The van der Waals surface area contributed by atoms with Crippen molar-refractivity contribution in [1.82, 2.24) is 19.4 Å². The van der Waals surface area contributed by atoms with Gasteiger partial charge in [-0.15, -0.1) is 0 Å². The third-order valence-electron chi connectivity index (χ3n) is 3.11. The number of piperazine rings is 1. The molecule has 2 rings (SSSR count). The van der Waals surface area contributed by atoms with Gasteiger partial charge in [0.1, 0.15) is 4.47 Å². The minimum atomic E-state index is -0.00544. The predicted octanol–water partition coefficient (Wildman–Crippen LogP) is 0.253. The summed E-state index contributed by atoms with van der Waals surface area (Å²) < 4.78 is 2.18. The van der Waals surface area contributed by atoms with Gasteiger partial charge in [-0.2, -0.15) is 0 Å². The molecule has 1 aromatic heterocycles. The molecule has 0 amide bonds. The van der Waals surface area contributed by atoms with Gasteiger partial charge >= 0.3 is 0 Å². The van der Waals surface area contributed by atoms with Gasteiger partial charge in [0.25, 0.3) is 5.56 Å². The van der Waals surface area contributed by atoms with Gasteiger partial charge in [0.05, 0.1) is 6.33 Å². The molecule has 0 atom stereocenters. The molecular formula is C11H17BrN4O. The Morgan fingerprint density at radius 2 is 2.00 bits per heavy atom. The lowest BCUT2D eigenvalue weighted by atomic mass is 10.3. The topological polar surface area (TPSA) is 41.4 Å². The van der Waals surface area contributed by atoms with Crippen molar-refractivity contribution in [2.24, 2.45) is 0 Å². The maximum absolute atomic E-state index is 11.7. The Bertz CT molecular complexity index is 426. The Balaban J connectivity index is 1.90. The quantitative estimate of drug-likeness (QED) is 0.803. The second kappa shape index (κ2) is 5.75. The lowest BCUT2D eigenvalue weighted by molar-refractivity contribution is 0.149. The molecule has 1 fully saturated rings. The smallest absolute Gasteiger partial charge is 0.267 e. The van der Waals surface area contributed by atoms with Gasteiger partial charge in [0.15, 0.2) is 0 Å². The average Bonchev–Trinajstić information content (AvgIpc) is 2.33. The van der Waals surface area contributed by atoms with Crippen LogP contribution in [0.15, 0.2) is 21.8 Å². The van der Waals surface area contributed by atoms with E-state index in [2.05, 4.69) is 37.8 Å². The molecule has 0 aliphatic carbocycles. The standard InChI is InChI=1S/C11H17BrN4O/c1-14-2-4-15(5-3-14)6-7-16-9-13-8-10(12)11(16)17/h8-9H,2-7H2,1H3. The summed E-state index contributed by atoms with van der Waals surface area (Å²) in [6.45, 7) is 5.97. The minimum absolute atomic E-state index is 0.00544. The monoisotopic (exact) mass is 300 g/mol. The van der Waals surface area contributed by atoms with Crippen LogP contribution in [0.3, 0.4) is 0 Å². The molecule has 0 aromatic carbocycles. The molecule has 2 heterocycles. The maximum atomic E-state index is 11.7. The van der Waals surface area contributed by atoms with Gasteiger partial charge in [0.2, 0.25) is 0 Å². The Kier molecular flexibility index (Phi) is 4.31. The van der Waals surface area contributed by atoms with Crippen LogP contribution in [0.1, 0.15) is 0 Å². The van der Waals surface area contributed by atoms with Crippen molar-refractivity contribution >= 4 is 15.9 Å². The summed E-state index contributed by atoms with van der Waals surface area (Å²) >= 11 is 3.20. The van der Waals surface area contributed by atoms with Crippen molar-refractivity contribution in [3.05, 3.63) is 27.4 Å². The van der Waals surface area contributed by atoms with Gasteiger partial charge in [-0.05, 0) is 23.0 Å². The lowest BCUT2D eigenvalue weighted by Crippen LogP contribution is -2.45. The van der Waals surface area contributed by atoms with Crippen molar-refractivity contribution in [1.29, 1.82) is 0 Å². The molecular weight excluding hydrogens is 284 g/mol.